The highest BCUT2D eigenvalue weighted by Gasteiger charge is 2.07. The van der Waals surface area contributed by atoms with Gasteiger partial charge in [0.1, 0.15) is 12.4 Å². The van der Waals surface area contributed by atoms with Crippen molar-refractivity contribution < 1.29 is 14.3 Å². The van der Waals surface area contributed by atoms with Crippen LogP contribution in [0.2, 0.25) is 0 Å². The van der Waals surface area contributed by atoms with E-state index in [9.17, 15) is 9.59 Å². The molecular weight excluding hydrogens is 390 g/mol. The number of rotatable bonds is 9. The molecule has 158 valence electrons. The first kappa shape index (κ1) is 21.6. The molecule has 0 saturated carbocycles. The number of carbonyl (C=O) groups excluding carboxylic acids is 2. The van der Waals surface area contributed by atoms with Crippen molar-refractivity contribution in [2.45, 2.75) is 6.92 Å². The third kappa shape index (κ3) is 7.04. The number of nitrogens with one attached hydrogen (secondary N) is 3. The van der Waals surface area contributed by atoms with Crippen LogP contribution in [0.1, 0.15) is 17.3 Å². The average molecular weight is 415 g/mol. The van der Waals surface area contributed by atoms with E-state index in [0.717, 1.165) is 17.0 Å². The minimum Gasteiger partial charge on any atom is -0.489 e. The maximum Gasteiger partial charge on any atom is 0.255 e. The molecule has 0 atom stereocenters. The molecule has 0 aliphatic heterocycles. The van der Waals surface area contributed by atoms with Crippen LogP contribution in [0.3, 0.4) is 0 Å². The monoisotopic (exact) mass is 415 g/mol. The van der Waals surface area contributed by atoms with Gasteiger partial charge in [0, 0.05) is 22.6 Å². The van der Waals surface area contributed by atoms with Gasteiger partial charge in [-0.2, -0.15) is 0 Å². The Labute approximate surface area is 181 Å². The van der Waals surface area contributed by atoms with E-state index in [0.29, 0.717) is 23.5 Å². The van der Waals surface area contributed by atoms with Crippen LogP contribution in [-0.4, -0.2) is 25.0 Å². The molecule has 3 aromatic rings. The number of anilines is 3. The summed E-state index contributed by atoms with van der Waals surface area (Å²) in [4.78, 5) is 24.6. The molecule has 0 saturated heterocycles. The predicted octanol–water partition coefficient (Wildman–Crippen LogP) is 4.94. The largest absolute Gasteiger partial charge is 0.489 e. The van der Waals surface area contributed by atoms with Crippen molar-refractivity contribution in [3.05, 3.63) is 96.6 Å². The Morgan fingerprint density at radius 1 is 0.839 bits per heavy atom. The molecule has 0 radical (unpaired) electrons. The van der Waals surface area contributed by atoms with Crippen LogP contribution in [0.5, 0.6) is 5.75 Å². The van der Waals surface area contributed by atoms with E-state index in [1.807, 2.05) is 37.3 Å². The zero-order valence-electron chi connectivity index (χ0n) is 17.4. The Morgan fingerprint density at radius 2 is 1.52 bits per heavy atom. The first-order valence-corrected chi connectivity index (χ1v) is 9.87. The van der Waals surface area contributed by atoms with Gasteiger partial charge < -0.3 is 20.7 Å². The molecule has 0 aliphatic rings. The van der Waals surface area contributed by atoms with Gasteiger partial charge >= 0.3 is 0 Å². The highest BCUT2D eigenvalue weighted by molar-refractivity contribution is 6.04. The van der Waals surface area contributed by atoms with E-state index in [4.69, 9.17) is 4.74 Å². The van der Waals surface area contributed by atoms with Gasteiger partial charge in [0.15, 0.2) is 0 Å². The molecule has 0 aliphatic carbocycles. The molecule has 0 fully saturated rings. The summed E-state index contributed by atoms with van der Waals surface area (Å²) in [6.07, 6.45) is 0. The Kier molecular flexibility index (Phi) is 7.43. The SMILES string of the molecule is C=C(C)COc1ccc(NCC(=O)Nc2cccc(NC(=O)c3ccccc3)c2)cc1. The Morgan fingerprint density at radius 3 is 2.19 bits per heavy atom. The van der Waals surface area contributed by atoms with Gasteiger partial charge in [0.2, 0.25) is 5.91 Å². The van der Waals surface area contributed by atoms with Crippen molar-refractivity contribution in [2.24, 2.45) is 0 Å². The van der Waals surface area contributed by atoms with Crippen molar-refractivity contribution in [3.8, 4) is 5.75 Å². The molecule has 3 rings (SSSR count). The molecule has 0 unspecified atom stereocenters. The standard InChI is InChI=1S/C25H25N3O3/c1-18(2)17-31-23-13-11-20(12-14-23)26-16-24(29)27-21-9-6-10-22(15-21)28-25(30)19-7-4-3-5-8-19/h3-15,26H,1,16-17H2,2H3,(H,27,29)(H,28,30). The molecule has 0 bridgehead atoms. The molecule has 0 spiro atoms. The fraction of sp³-hybridized carbons (Fsp3) is 0.120. The van der Waals surface area contributed by atoms with Crippen molar-refractivity contribution in [2.75, 3.05) is 29.1 Å². The minimum absolute atomic E-state index is 0.104. The van der Waals surface area contributed by atoms with Crippen molar-refractivity contribution in [1.82, 2.24) is 0 Å². The molecule has 6 nitrogen and oxygen atoms in total. The Balaban J connectivity index is 1.50. The summed E-state index contributed by atoms with van der Waals surface area (Å²) in [7, 11) is 0. The van der Waals surface area contributed by atoms with Gasteiger partial charge in [-0.15, -0.1) is 0 Å². The van der Waals surface area contributed by atoms with Gasteiger partial charge in [0.05, 0.1) is 6.54 Å². The molecule has 0 heterocycles. The lowest BCUT2D eigenvalue weighted by Crippen LogP contribution is -2.21. The first-order valence-electron chi connectivity index (χ1n) is 9.87. The summed E-state index contributed by atoms with van der Waals surface area (Å²) in [6, 6.07) is 23.3. The summed E-state index contributed by atoms with van der Waals surface area (Å²) >= 11 is 0. The zero-order valence-corrected chi connectivity index (χ0v) is 17.4. The first-order chi connectivity index (χ1) is 15.0. The van der Waals surface area contributed by atoms with Crippen LogP contribution in [0.15, 0.2) is 91.0 Å². The van der Waals surface area contributed by atoms with E-state index in [-0.39, 0.29) is 18.4 Å². The summed E-state index contributed by atoms with van der Waals surface area (Å²) in [5.74, 6) is 0.336. The van der Waals surface area contributed by atoms with Crippen LogP contribution >= 0.6 is 0 Å². The summed E-state index contributed by atoms with van der Waals surface area (Å²) in [5, 5.41) is 8.72. The molecule has 2 amide bonds. The second-order valence-electron chi connectivity index (χ2n) is 7.07. The van der Waals surface area contributed by atoms with Crippen LogP contribution in [0.25, 0.3) is 0 Å². The molecule has 3 N–H and O–H groups in total. The number of benzene rings is 3. The average Bonchev–Trinajstić information content (AvgIpc) is 2.78. The number of ether oxygens (including phenoxy) is 1. The lowest BCUT2D eigenvalue weighted by molar-refractivity contribution is -0.114. The van der Waals surface area contributed by atoms with Gasteiger partial charge in [-0.1, -0.05) is 30.8 Å². The highest BCUT2D eigenvalue weighted by Crippen LogP contribution is 2.18. The molecule has 0 aromatic heterocycles. The van der Waals surface area contributed by atoms with Crippen molar-refractivity contribution in [3.63, 3.8) is 0 Å². The number of carbonyl (C=O) groups is 2. The van der Waals surface area contributed by atoms with Crippen molar-refractivity contribution >= 4 is 28.9 Å². The summed E-state index contributed by atoms with van der Waals surface area (Å²) in [6.45, 7) is 6.28. The van der Waals surface area contributed by atoms with E-state index < -0.39 is 0 Å². The van der Waals surface area contributed by atoms with Gasteiger partial charge in [-0.3, -0.25) is 9.59 Å². The Hall–Kier alpha value is -4.06. The molecular formula is C25H25N3O3. The lowest BCUT2D eigenvalue weighted by Gasteiger charge is -2.11. The van der Waals surface area contributed by atoms with E-state index in [2.05, 4.69) is 22.5 Å². The summed E-state index contributed by atoms with van der Waals surface area (Å²) < 4.78 is 5.56. The third-order valence-electron chi connectivity index (χ3n) is 4.23. The third-order valence-corrected chi connectivity index (χ3v) is 4.23. The van der Waals surface area contributed by atoms with E-state index >= 15 is 0 Å². The number of amides is 2. The van der Waals surface area contributed by atoms with Crippen molar-refractivity contribution in [1.29, 1.82) is 0 Å². The smallest absolute Gasteiger partial charge is 0.255 e. The predicted molar refractivity (Wildman–Crippen MR) is 125 cm³/mol. The topological polar surface area (TPSA) is 79.5 Å². The quantitative estimate of drug-likeness (QED) is 0.432. The maximum absolute atomic E-state index is 12.3. The molecule has 6 heteroatoms. The van der Waals surface area contributed by atoms with E-state index in [1.165, 1.54) is 0 Å². The van der Waals surface area contributed by atoms with Gasteiger partial charge in [-0.25, -0.2) is 0 Å². The lowest BCUT2D eigenvalue weighted by atomic mass is 10.2. The zero-order chi connectivity index (χ0) is 22.1. The normalized spacial score (nSPS) is 10.1. The second-order valence-corrected chi connectivity index (χ2v) is 7.07. The highest BCUT2D eigenvalue weighted by atomic mass is 16.5. The van der Waals surface area contributed by atoms with Crippen LogP contribution in [0, 0.1) is 0 Å². The number of hydrogen-bond donors (Lipinski definition) is 3. The van der Waals surface area contributed by atoms with E-state index in [1.54, 1.807) is 48.5 Å². The van der Waals surface area contributed by atoms with Gasteiger partial charge in [0.25, 0.3) is 5.91 Å². The van der Waals surface area contributed by atoms with Crippen LogP contribution in [-0.2, 0) is 4.79 Å². The van der Waals surface area contributed by atoms with Crippen LogP contribution < -0.4 is 20.7 Å². The second kappa shape index (κ2) is 10.6. The maximum atomic E-state index is 12.3. The fourth-order valence-electron chi connectivity index (χ4n) is 2.73. The Bertz CT molecular complexity index is 1050. The minimum atomic E-state index is -0.207. The van der Waals surface area contributed by atoms with Crippen LogP contribution in [0.4, 0.5) is 17.1 Å². The summed E-state index contributed by atoms with van der Waals surface area (Å²) in [5.41, 5.74) is 3.52. The molecule has 3 aromatic carbocycles. The number of hydrogen-bond acceptors (Lipinski definition) is 4. The molecule has 31 heavy (non-hydrogen) atoms. The van der Waals surface area contributed by atoms with Gasteiger partial charge in [-0.05, 0) is 67.1 Å². The fourth-order valence-corrected chi connectivity index (χ4v) is 2.73.